The predicted octanol–water partition coefficient (Wildman–Crippen LogP) is 2.79. The van der Waals surface area contributed by atoms with Gasteiger partial charge in [-0.05, 0) is 29.8 Å². The molecule has 5 unspecified atom stereocenters. The molecule has 0 aliphatic carbocycles. The summed E-state index contributed by atoms with van der Waals surface area (Å²) in [5.74, 6) is -2.99. The number of ether oxygens (including phenoxy) is 3. The molecule has 12 heteroatoms. The highest BCUT2D eigenvalue weighted by Crippen LogP contribution is 2.62. The lowest BCUT2D eigenvalue weighted by atomic mass is 9.72. The lowest BCUT2D eigenvalue weighted by Crippen LogP contribution is -2.56. The maximum atomic E-state index is 11.9. The van der Waals surface area contributed by atoms with E-state index in [9.17, 15) is 46.0 Å². The minimum atomic E-state index is -1.97. The Bertz CT molecular complexity index is 1790. The summed E-state index contributed by atoms with van der Waals surface area (Å²) in [7, 11) is 0. The second kappa shape index (κ2) is 8.65. The fraction of sp³-hybridized carbons (Fsp3) is 0.200. The Kier molecular flexibility index (Phi) is 5.30. The average Bonchev–Trinajstić information content (AvgIpc) is 2.92. The number of aliphatic hydroxyl groups is 2. The molecular formula is C30H24O12. The van der Waals surface area contributed by atoms with Gasteiger partial charge in [0.05, 0.1) is 17.2 Å². The highest BCUT2D eigenvalue weighted by molar-refractivity contribution is 5.68. The molecule has 0 fully saturated rings. The van der Waals surface area contributed by atoms with Crippen LogP contribution in [-0.4, -0.2) is 58.2 Å². The van der Waals surface area contributed by atoms with Crippen LogP contribution < -0.4 is 14.2 Å². The predicted molar refractivity (Wildman–Crippen MR) is 141 cm³/mol. The van der Waals surface area contributed by atoms with Gasteiger partial charge >= 0.3 is 0 Å². The minimum Gasteiger partial charge on any atom is -0.508 e. The molecule has 9 N–H and O–H groups in total. The zero-order valence-corrected chi connectivity index (χ0v) is 21.5. The van der Waals surface area contributed by atoms with Gasteiger partial charge in [0, 0.05) is 35.7 Å². The zero-order valence-electron chi connectivity index (χ0n) is 21.5. The molecule has 0 aromatic heterocycles. The number of aromatic hydroxyl groups is 7. The molecule has 12 nitrogen and oxygen atoms in total. The molecule has 0 saturated carbocycles. The van der Waals surface area contributed by atoms with Crippen LogP contribution in [0.1, 0.15) is 40.0 Å². The van der Waals surface area contributed by atoms with E-state index >= 15 is 0 Å². The van der Waals surface area contributed by atoms with E-state index in [1.807, 2.05) is 0 Å². The van der Waals surface area contributed by atoms with Crippen molar-refractivity contribution in [3.05, 3.63) is 82.4 Å². The fourth-order valence-corrected chi connectivity index (χ4v) is 6.12. The molecule has 42 heavy (non-hydrogen) atoms. The van der Waals surface area contributed by atoms with Gasteiger partial charge in [-0.15, -0.1) is 0 Å². The standard InChI is InChI=1S/C30H24O12/c31-13-7-20(37)24-22(8-13)42-30(12-2-4-16(33)19(36)6-12)25-23(40-28(24)29(30)39)10-17(34)14-9-21(38)26(41-27(14)25)11-1-3-15(32)18(35)5-11/h1-8,10,21,26,28-29,31-39H,9H2. The summed E-state index contributed by atoms with van der Waals surface area (Å²) < 4.78 is 18.9. The molecule has 4 aromatic carbocycles. The van der Waals surface area contributed by atoms with Gasteiger partial charge in [0.15, 0.2) is 34.7 Å². The second-order valence-corrected chi connectivity index (χ2v) is 10.5. The van der Waals surface area contributed by atoms with Gasteiger partial charge in [-0.25, -0.2) is 0 Å². The first-order valence-electron chi connectivity index (χ1n) is 12.9. The van der Waals surface area contributed by atoms with E-state index < -0.39 is 53.0 Å². The molecule has 216 valence electrons. The van der Waals surface area contributed by atoms with Crippen LogP contribution in [-0.2, 0) is 12.0 Å². The van der Waals surface area contributed by atoms with Crippen molar-refractivity contribution in [1.82, 2.24) is 0 Å². The highest BCUT2D eigenvalue weighted by Gasteiger charge is 2.61. The normalized spacial score (nSPS) is 25.2. The molecule has 0 amide bonds. The maximum absolute atomic E-state index is 11.9. The fourth-order valence-electron chi connectivity index (χ4n) is 6.12. The van der Waals surface area contributed by atoms with E-state index in [4.69, 9.17) is 14.2 Å². The lowest BCUT2D eigenvalue weighted by Gasteiger charge is -2.51. The van der Waals surface area contributed by atoms with E-state index in [-0.39, 0.29) is 68.7 Å². The average molecular weight is 577 g/mol. The minimum absolute atomic E-state index is 0.0177. The van der Waals surface area contributed by atoms with Crippen molar-refractivity contribution in [2.24, 2.45) is 0 Å². The molecule has 3 aliphatic heterocycles. The number of phenolic OH excluding ortho intramolecular Hbond substituents is 7. The number of aliphatic hydroxyl groups excluding tert-OH is 2. The summed E-state index contributed by atoms with van der Waals surface area (Å²) >= 11 is 0. The van der Waals surface area contributed by atoms with Crippen molar-refractivity contribution >= 4 is 0 Å². The molecular weight excluding hydrogens is 552 g/mol. The Labute approximate surface area is 236 Å². The number of hydrogen-bond acceptors (Lipinski definition) is 12. The Morgan fingerprint density at radius 1 is 0.643 bits per heavy atom. The van der Waals surface area contributed by atoms with Crippen LogP contribution in [0.5, 0.6) is 57.5 Å². The van der Waals surface area contributed by atoms with Crippen molar-refractivity contribution in [2.75, 3.05) is 0 Å². The van der Waals surface area contributed by atoms with Crippen molar-refractivity contribution in [1.29, 1.82) is 0 Å². The first-order chi connectivity index (χ1) is 20.0. The van der Waals surface area contributed by atoms with Crippen LogP contribution in [0.4, 0.5) is 0 Å². The van der Waals surface area contributed by atoms with E-state index in [0.717, 1.165) is 6.07 Å². The van der Waals surface area contributed by atoms with Crippen molar-refractivity contribution < 1.29 is 60.2 Å². The Hall–Kier alpha value is -5.20. The highest BCUT2D eigenvalue weighted by atomic mass is 16.6. The van der Waals surface area contributed by atoms with Crippen LogP contribution in [0.3, 0.4) is 0 Å². The summed E-state index contributed by atoms with van der Waals surface area (Å²) in [6.45, 7) is 0. The molecule has 7 rings (SSSR count). The largest absolute Gasteiger partial charge is 0.508 e. The van der Waals surface area contributed by atoms with Crippen molar-refractivity contribution in [3.63, 3.8) is 0 Å². The maximum Gasteiger partial charge on any atom is 0.196 e. The first-order valence-corrected chi connectivity index (χ1v) is 12.9. The van der Waals surface area contributed by atoms with Crippen molar-refractivity contribution in [3.8, 4) is 57.5 Å². The van der Waals surface area contributed by atoms with Crippen LogP contribution >= 0.6 is 0 Å². The summed E-state index contributed by atoms with van der Waals surface area (Å²) in [6.07, 6.45) is -5.41. The number of phenols is 7. The van der Waals surface area contributed by atoms with Crippen molar-refractivity contribution in [2.45, 2.75) is 36.4 Å². The second-order valence-electron chi connectivity index (χ2n) is 10.5. The monoisotopic (exact) mass is 576 g/mol. The molecule has 3 aliphatic rings. The smallest absolute Gasteiger partial charge is 0.196 e. The molecule has 4 aromatic rings. The van der Waals surface area contributed by atoms with Gasteiger partial charge < -0.3 is 60.2 Å². The number of rotatable bonds is 2. The van der Waals surface area contributed by atoms with Gasteiger partial charge in [0.1, 0.15) is 46.7 Å². The van der Waals surface area contributed by atoms with Crippen LogP contribution in [0.25, 0.3) is 0 Å². The van der Waals surface area contributed by atoms with Crippen LogP contribution in [0.2, 0.25) is 0 Å². The van der Waals surface area contributed by atoms with Gasteiger partial charge in [-0.3, -0.25) is 0 Å². The quantitative estimate of drug-likeness (QED) is 0.158. The number of fused-ring (bicyclic) bond motifs is 8. The lowest BCUT2D eigenvalue weighted by molar-refractivity contribution is -0.125. The van der Waals surface area contributed by atoms with E-state index in [0.29, 0.717) is 0 Å². The summed E-state index contributed by atoms with van der Waals surface area (Å²) in [6, 6.07) is 11.2. The van der Waals surface area contributed by atoms with E-state index in [2.05, 4.69) is 0 Å². The number of benzene rings is 4. The Morgan fingerprint density at radius 2 is 1.36 bits per heavy atom. The molecule has 2 bridgehead atoms. The molecule has 0 spiro atoms. The van der Waals surface area contributed by atoms with Gasteiger partial charge in [-0.2, -0.15) is 0 Å². The first kappa shape index (κ1) is 25.7. The third-order valence-corrected chi connectivity index (χ3v) is 8.05. The van der Waals surface area contributed by atoms with Crippen LogP contribution in [0.15, 0.2) is 54.6 Å². The third kappa shape index (κ3) is 3.42. The van der Waals surface area contributed by atoms with E-state index in [1.54, 1.807) is 0 Å². The van der Waals surface area contributed by atoms with E-state index in [1.165, 1.54) is 48.5 Å². The Morgan fingerprint density at radius 3 is 2.07 bits per heavy atom. The van der Waals surface area contributed by atoms with Gasteiger partial charge in [0.2, 0.25) is 0 Å². The molecule has 5 atom stereocenters. The Balaban J connectivity index is 1.51. The SMILES string of the molecule is Oc1cc(O)c2c(c1)OC1(c3ccc(O)c(O)c3)c3c(cc(O)c4c3OC(c3ccc(O)c(O)c3)C(O)C4)OC2C1O. The van der Waals surface area contributed by atoms with Gasteiger partial charge in [0.25, 0.3) is 0 Å². The summed E-state index contributed by atoms with van der Waals surface area (Å²) in [5.41, 5.74) is -1.34. The van der Waals surface area contributed by atoms with Gasteiger partial charge in [-0.1, -0.05) is 12.1 Å². The summed E-state index contributed by atoms with van der Waals surface area (Å²) in [4.78, 5) is 0. The van der Waals surface area contributed by atoms with Crippen LogP contribution in [0, 0.1) is 0 Å². The topological polar surface area (TPSA) is 210 Å². The zero-order chi connectivity index (χ0) is 29.7. The summed E-state index contributed by atoms with van der Waals surface area (Å²) in [5, 5.41) is 95.3. The molecule has 0 saturated heterocycles. The third-order valence-electron chi connectivity index (χ3n) is 8.05. The molecule has 3 heterocycles. The molecule has 0 radical (unpaired) electrons. The number of hydrogen-bond donors (Lipinski definition) is 9.